The summed E-state index contributed by atoms with van der Waals surface area (Å²) in [6, 6.07) is 23.4. The Labute approximate surface area is 237 Å². The molecule has 41 heavy (non-hydrogen) atoms. The third-order valence-corrected chi connectivity index (χ3v) is 7.79. The number of fused-ring (bicyclic) bond motifs is 3. The van der Waals surface area contributed by atoms with Crippen LogP contribution in [0.3, 0.4) is 0 Å². The minimum absolute atomic E-state index is 0.00608. The van der Waals surface area contributed by atoms with E-state index in [1.807, 2.05) is 66.7 Å². The van der Waals surface area contributed by atoms with E-state index in [-0.39, 0.29) is 25.0 Å². The standard InChI is InChI=1S/C32H32N2O7/c1-32(30(37)38,21-15-16-21)34-29(36)27(17-28(35)40-18-20-9-3-2-4-10-20)33-31(39)41-19-26-24-13-7-5-11-22(24)23-12-6-8-14-25(23)26/h2-14,21,26-27H,15-19H2,1H3,(H,33,39)(H,34,36)(H,37,38)/t27-,32?/m0/s1. The number of amides is 2. The zero-order valence-electron chi connectivity index (χ0n) is 22.7. The number of nitrogens with one attached hydrogen (secondary N) is 2. The molecular formula is C32H32N2O7. The first-order valence-electron chi connectivity index (χ1n) is 13.6. The van der Waals surface area contributed by atoms with Gasteiger partial charge in [-0.25, -0.2) is 9.59 Å². The molecule has 1 saturated carbocycles. The predicted octanol–water partition coefficient (Wildman–Crippen LogP) is 4.40. The van der Waals surface area contributed by atoms with E-state index in [0.29, 0.717) is 12.8 Å². The number of benzene rings is 3. The van der Waals surface area contributed by atoms with Crippen LogP contribution in [0, 0.1) is 5.92 Å². The van der Waals surface area contributed by atoms with Crippen molar-refractivity contribution < 1.29 is 33.8 Å². The zero-order valence-corrected chi connectivity index (χ0v) is 22.7. The second-order valence-electron chi connectivity index (χ2n) is 10.6. The summed E-state index contributed by atoms with van der Waals surface area (Å²) in [5, 5.41) is 14.8. The number of esters is 1. The summed E-state index contributed by atoms with van der Waals surface area (Å²) in [5.74, 6) is -3.13. The molecule has 0 bridgehead atoms. The lowest BCUT2D eigenvalue weighted by molar-refractivity contribution is -0.149. The molecule has 0 aliphatic heterocycles. The molecule has 2 atom stereocenters. The molecule has 1 unspecified atom stereocenters. The van der Waals surface area contributed by atoms with Gasteiger partial charge in [-0.05, 0) is 53.5 Å². The quantitative estimate of drug-likeness (QED) is 0.299. The van der Waals surface area contributed by atoms with E-state index in [1.165, 1.54) is 6.92 Å². The van der Waals surface area contributed by atoms with Crippen molar-refractivity contribution in [2.75, 3.05) is 6.61 Å². The van der Waals surface area contributed by atoms with Crippen molar-refractivity contribution in [3.63, 3.8) is 0 Å². The average Bonchev–Trinajstić information content (AvgIpc) is 3.79. The highest BCUT2D eigenvalue weighted by atomic mass is 16.5. The van der Waals surface area contributed by atoms with Gasteiger partial charge in [-0.1, -0.05) is 78.9 Å². The van der Waals surface area contributed by atoms with E-state index in [0.717, 1.165) is 27.8 Å². The maximum absolute atomic E-state index is 13.3. The molecule has 5 rings (SSSR count). The second kappa shape index (κ2) is 11.8. The van der Waals surface area contributed by atoms with Crippen LogP contribution in [0.1, 0.15) is 48.8 Å². The average molecular weight is 557 g/mol. The molecule has 2 amide bonds. The van der Waals surface area contributed by atoms with Crippen molar-refractivity contribution in [3.8, 4) is 11.1 Å². The number of carboxylic acid groups (broad SMARTS) is 1. The fourth-order valence-electron chi connectivity index (χ4n) is 5.29. The number of aliphatic carboxylic acids is 1. The molecule has 2 aliphatic carbocycles. The Morgan fingerprint density at radius 2 is 1.46 bits per heavy atom. The van der Waals surface area contributed by atoms with Crippen LogP contribution in [0.4, 0.5) is 4.79 Å². The van der Waals surface area contributed by atoms with E-state index in [9.17, 15) is 24.3 Å². The molecule has 0 heterocycles. The van der Waals surface area contributed by atoms with Crippen molar-refractivity contribution in [2.24, 2.45) is 5.92 Å². The summed E-state index contributed by atoms with van der Waals surface area (Å²) in [5.41, 5.74) is 3.45. The lowest BCUT2D eigenvalue weighted by Gasteiger charge is -2.28. The molecule has 0 saturated heterocycles. The smallest absolute Gasteiger partial charge is 0.407 e. The van der Waals surface area contributed by atoms with E-state index in [4.69, 9.17) is 9.47 Å². The number of ether oxygens (including phenoxy) is 2. The molecule has 1 fully saturated rings. The number of hydrogen-bond acceptors (Lipinski definition) is 6. The van der Waals surface area contributed by atoms with E-state index in [1.54, 1.807) is 12.1 Å². The lowest BCUT2D eigenvalue weighted by Crippen LogP contribution is -2.59. The fraction of sp³-hybridized carbons (Fsp3) is 0.312. The van der Waals surface area contributed by atoms with Crippen LogP contribution in [0.5, 0.6) is 0 Å². The molecule has 3 aromatic carbocycles. The molecule has 3 aromatic rings. The minimum atomic E-state index is -1.52. The maximum atomic E-state index is 13.3. The summed E-state index contributed by atoms with van der Waals surface area (Å²) in [6.07, 6.45) is -0.0749. The summed E-state index contributed by atoms with van der Waals surface area (Å²) in [6.45, 7) is 1.44. The summed E-state index contributed by atoms with van der Waals surface area (Å²) in [4.78, 5) is 50.9. The first-order valence-corrected chi connectivity index (χ1v) is 13.6. The normalized spacial score (nSPS) is 15.9. The van der Waals surface area contributed by atoms with Gasteiger partial charge >= 0.3 is 18.0 Å². The molecule has 0 radical (unpaired) electrons. The van der Waals surface area contributed by atoms with Crippen LogP contribution < -0.4 is 10.6 Å². The highest BCUT2D eigenvalue weighted by Crippen LogP contribution is 2.44. The summed E-state index contributed by atoms with van der Waals surface area (Å²) in [7, 11) is 0. The highest BCUT2D eigenvalue weighted by molar-refractivity contribution is 5.93. The van der Waals surface area contributed by atoms with Crippen molar-refractivity contribution in [3.05, 3.63) is 95.6 Å². The predicted molar refractivity (Wildman–Crippen MR) is 150 cm³/mol. The van der Waals surface area contributed by atoms with Gasteiger partial charge in [-0.3, -0.25) is 9.59 Å². The Morgan fingerprint density at radius 1 is 0.878 bits per heavy atom. The van der Waals surface area contributed by atoms with Crippen molar-refractivity contribution in [1.82, 2.24) is 10.6 Å². The van der Waals surface area contributed by atoms with Gasteiger partial charge < -0.3 is 25.2 Å². The Kier molecular flexibility index (Phi) is 8.05. The number of carbonyl (C=O) groups is 4. The molecule has 3 N–H and O–H groups in total. The second-order valence-corrected chi connectivity index (χ2v) is 10.6. The van der Waals surface area contributed by atoms with E-state index < -0.39 is 41.9 Å². The van der Waals surface area contributed by atoms with Crippen LogP contribution >= 0.6 is 0 Å². The summed E-state index contributed by atoms with van der Waals surface area (Å²) < 4.78 is 10.9. The zero-order chi connectivity index (χ0) is 29.0. The molecule has 212 valence electrons. The topological polar surface area (TPSA) is 131 Å². The van der Waals surface area contributed by atoms with Crippen molar-refractivity contribution in [2.45, 2.75) is 50.3 Å². The Morgan fingerprint density at radius 3 is 2.05 bits per heavy atom. The largest absolute Gasteiger partial charge is 0.480 e. The van der Waals surface area contributed by atoms with Crippen LogP contribution in [-0.2, 0) is 30.5 Å². The summed E-state index contributed by atoms with van der Waals surface area (Å²) >= 11 is 0. The molecule has 0 aromatic heterocycles. The molecule has 2 aliphatic rings. The maximum Gasteiger partial charge on any atom is 0.407 e. The van der Waals surface area contributed by atoms with Gasteiger partial charge in [0.15, 0.2) is 0 Å². The van der Waals surface area contributed by atoms with E-state index >= 15 is 0 Å². The number of rotatable bonds is 11. The van der Waals surface area contributed by atoms with E-state index in [2.05, 4.69) is 10.6 Å². The fourth-order valence-corrected chi connectivity index (χ4v) is 5.29. The van der Waals surface area contributed by atoms with Crippen LogP contribution in [-0.4, -0.2) is 47.2 Å². The van der Waals surface area contributed by atoms with Gasteiger partial charge in [0.25, 0.3) is 0 Å². The van der Waals surface area contributed by atoms with Gasteiger partial charge in [0.05, 0.1) is 6.42 Å². The molecule has 9 nitrogen and oxygen atoms in total. The van der Waals surface area contributed by atoms with Gasteiger partial charge in [0, 0.05) is 5.92 Å². The monoisotopic (exact) mass is 556 g/mol. The SMILES string of the molecule is CC(NC(=O)[C@H](CC(=O)OCc1ccccc1)NC(=O)OCC1c2ccccc2-c2ccccc21)(C(=O)O)C1CC1. The van der Waals surface area contributed by atoms with Gasteiger partial charge in [0.1, 0.15) is 24.8 Å². The third-order valence-electron chi connectivity index (χ3n) is 7.79. The van der Waals surface area contributed by atoms with Crippen LogP contribution in [0.15, 0.2) is 78.9 Å². The van der Waals surface area contributed by atoms with Gasteiger partial charge in [0.2, 0.25) is 5.91 Å². The number of alkyl carbamates (subject to hydrolysis) is 1. The van der Waals surface area contributed by atoms with Crippen molar-refractivity contribution in [1.29, 1.82) is 0 Å². The molecule has 9 heteroatoms. The minimum Gasteiger partial charge on any atom is -0.480 e. The lowest BCUT2D eigenvalue weighted by atomic mass is 9.95. The van der Waals surface area contributed by atoms with Crippen LogP contribution in [0.2, 0.25) is 0 Å². The number of carbonyl (C=O) groups excluding carboxylic acids is 3. The van der Waals surface area contributed by atoms with Gasteiger partial charge in [-0.15, -0.1) is 0 Å². The van der Waals surface area contributed by atoms with Crippen molar-refractivity contribution >= 4 is 23.9 Å². The Balaban J connectivity index is 1.26. The molecular weight excluding hydrogens is 524 g/mol. The Bertz CT molecular complexity index is 1410. The first kappa shape index (κ1) is 27.9. The first-order chi connectivity index (χ1) is 19.8. The highest BCUT2D eigenvalue weighted by Gasteiger charge is 2.49. The molecule has 0 spiro atoms. The number of hydrogen-bond donors (Lipinski definition) is 3. The Hall–Kier alpha value is -4.66. The van der Waals surface area contributed by atoms with Crippen LogP contribution in [0.25, 0.3) is 11.1 Å². The number of carboxylic acids is 1. The third kappa shape index (κ3) is 6.24. The van der Waals surface area contributed by atoms with Gasteiger partial charge in [-0.2, -0.15) is 0 Å².